The smallest absolute Gasteiger partial charge is 0.251 e. The van der Waals surface area contributed by atoms with Crippen LogP contribution in [0.15, 0.2) is 24.3 Å². The first-order chi connectivity index (χ1) is 6.20. The summed E-state index contributed by atoms with van der Waals surface area (Å²) in [5.41, 5.74) is 7.64. The van der Waals surface area contributed by atoms with Crippen molar-refractivity contribution in [2.45, 2.75) is 6.92 Å². The number of aryl methyl sites for hydroxylation is 1. The lowest BCUT2D eigenvalue weighted by Crippen LogP contribution is -2.11. The van der Waals surface area contributed by atoms with Gasteiger partial charge in [0.15, 0.2) is 0 Å². The van der Waals surface area contributed by atoms with Crippen LogP contribution in [0.3, 0.4) is 0 Å². The molecule has 0 aliphatic rings. The van der Waals surface area contributed by atoms with E-state index in [1.165, 1.54) is 0 Å². The number of nitrogens with two attached hydrogens (primary N) is 1. The molecule has 0 atom stereocenters. The molecule has 0 unspecified atom stereocenters. The van der Waals surface area contributed by atoms with Crippen LogP contribution in [-0.2, 0) is 0 Å². The minimum absolute atomic E-state index is 0.380. The van der Waals surface area contributed by atoms with Crippen LogP contribution in [0, 0.1) is 6.92 Å². The summed E-state index contributed by atoms with van der Waals surface area (Å²) in [6, 6.07) is 7.62. The van der Waals surface area contributed by atoms with E-state index >= 15 is 0 Å². The number of aromatic nitrogens is 1. The predicted molar refractivity (Wildman–Crippen MR) is 51.6 cm³/mol. The average Bonchev–Trinajstić information content (AvgIpc) is 2.39. The van der Waals surface area contributed by atoms with Crippen LogP contribution in [0.5, 0.6) is 0 Å². The van der Waals surface area contributed by atoms with Gasteiger partial charge in [-0.1, -0.05) is 18.2 Å². The zero-order valence-corrected chi connectivity index (χ0v) is 7.29. The third kappa shape index (κ3) is 1.09. The Morgan fingerprint density at radius 1 is 1.38 bits per heavy atom. The van der Waals surface area contributed by atoms with Crippen molar-refractivity contribution in [3.05, 3.63) is 35.5 Å². The summed E-state index contributed by atoms with van der Waals surface area (Å²) in [6.07, 6.45) is 0. The fourth-order valence-corrected chi connectivity index (χ4v) is 1.59. The SMILES string of the molecule is Cc1[nH]c2ccccc2c1C(N)=O. The van der Waals surface area contributed by atoms with Crippen LogP contribution in [0.4, 0.5) is 0 Å². The summed E-state index contributed by atoms with van der Waals surface area (Å²) >= 11 is 0. The second kappa shape index (κ2) is 2.62. The summed E-state index contributed by atoms with van der Waals surface area (Å²) in [5.74, 6) is -0.380. The molecule has 0 spiro atoms. The number of H-pyrrole nitrogens is 1. The molecule has 0 aliphatic carbocycles. The lowest BCUT2D eigenvalue weighted by molar-refractivity contribution is 0.100. The largest absolute Gasteiger partial charge is 0.366 e. The Morgan fingerprint density at radius 2 is 2.08 bits per heavy atom. The van der Waals surface area contributed by atoms with Gasteiger partial charge in [-0.15, -0.1) is 0 Å². The number of rotatable bonds is 1. The van der Waals surface area contributed by atoms with Crippen molar-refractivity contribution in [1.82, 2.24) is 4.98 Å². The van der Waals surface area contributed by atoms with Crippen LogP contribution in [0.2, 0.25) is 0 Å². The maximum atomic E-state index is 11.1. The van der Waals surface area contributed by atoms with Gasteiger partial charge in [-0.25, -0.2) is 0 Å². The van der Waals surface area contributed by atoms with Crippen molar-refractivity contribution >= 4 is 16.8 Å². The number of aromatic amines is 1. The number of fused-ring (bicyclic) bond motifs is 1. The molecule has 1 amide bonds. The van der Waals surface area contributed by atoms with Crippen LogP contribution >= 0.6 is 0 Å². The first kappa shape index (κ1) is 7.86. The molecule has 0 radical (unpaired) electrons. The Balaban J connectivity index is 2.86. The third-order valence-corrected chi connectivity index (χ3v) is 2.14. The molecular formula is C10H10N2O. The van der Waals surface area contributed by atoms with E-state index < -0.39 is 0 Å². The predicted octanol–water partition coefficient (Wildman–Crippen LogP) is 1.58. The van der Waals surface area contributed by atoms with Gasteiger partial charge >= 0.3 is 0 Å². The molecule has 1 aromatic carbocycles. The zero-order valence-electron chi connectivity index (χ0n) is 7.29. The van der Waals surface area contributed by atoms with Crippen molar-refractivity contribution in [2.24, 2.45) is 5.73 Å². The van der Waals surface area contributed by atoms with E-state index in [0.29, 0.717) is 5.56 Å². The van der Waals surface area contributed by atoms with Gasteiger partial charge in [-0.3, -0.25) is 4.79 Å². The number of hydrogen-bond acceptors (Lipinski definition) is 1. The normalized spacial score (nSPS) is 10.5. The number of carbonyl (C=O) groups is 1. The van der Waals surface area contributed by atoms with E-state index in [1.54, 1.807) is 0 Å². The topological polar surface area (TPSA) is 58.9 Å². The van der Waals surface area contributed by atoms with Crippen molar-refractivity contribution < 1.29 is 4.79 Å². The number of carbonyl (C=O) groups excluding carboxylic acids is 1. The van der Waals surface area contributed by atoms with Crippen molar-refractivity contribution in [3.8, 4) is 0 Å². The minimum Gasteiger partial charge on any atom is -0.366 e. The molecule has 0 saturated heterocycles. The highest BCUT2D eigenvalue weighted by molar-refractivity contribution is 6.07. The van der Waals surface area contributed by atoms with Crippen molar-refractivity contribution in [2.75, 3.05) is 0 Å². The van der Waals surface area contributed by atoms with Gasteiger partial charge in [-0.05, 0) is 13.0 Å². The van der Waals surface area contributed by atoms with Gasteiger partial charge in [0.05, 0.1) is 5.56 Å². The number of benzene rings is 1. The molecule has 13 heavy (non-hydrogen) atoms. The van der Waals surface area contributed by atoms with Gasteiger partial charge in [0.2, 0.25) is 0 Å². The van der Waals surface area contributed by atoms with Crippen molar-refractivity contribution in [1.29, 1.82) is 0 Å². The monoisotopic (exact) mass is 174 g/mol. The molecule has 0 saturated carbocycles. The molecule has 0 aliphatic heterocycles. The van der Waals surface area contributed by atoms with E-state index in [0.717, 1.165) is 16.6 Å². The molecule has 1 aromatic heterocycles. The molecule has 2 rings (SSSR count). The second-order valence-electron chi connectivity index (χ2n) is 3.03. The highest BCUT2D eigenvalue weighted by atomic mass is 16.1. The Kier molecular flexibility index (Phi) is 1.59. The van der Waals surface area contributed by atoms with Gasteiger partial charge in [0.1, 0.15) is 0 Å². The molecule has 2 aromatic rings. The van der Waals surface area contributed by atoms with Gasteiger partial charge in [0, 0.05) is 16.6 Å². The fourth-order valence-electron chi connectivity index (χ4n) is 1.59. The van der Waals surface area contributed by atoms with E-state index in [-0.39, 0.29) is 5.91 Å². The lowest BCUT2D eigenvalue weighted by atomic mass is 10.1. The summed E-state index contributed by atoms with van der Waals surface area (Å²) in [4.78, 5) is 14.2. The van der Waals surface area contributed by atoms with E-state index in [1.807, 2.05) is 31.2 Å². The van der Waals surface area contributed by atoms with Crippen LogP contribution < -0.4 is 5.73 Å². The molecule has 1 heterocycles. The third-order valence-electron chi connectivity index (χ3n) is 2.14. The van der Waals surface area contributed by atoms with E-state index in [2.05, 4.69) is 4.98 Å². The molecule has 0 bridgehead atoms. The number of hydrogen-bond donors (Lipinski definition) is 2. The minimum atomic E-state index is -0.380. The van der Waals surface area contributed by atoms with Crippen LogP contribution in [0.25, 0.3) is 10.9 Å². The summed E-state index contributed by atoms with van der Waals surface area (Å²) in [5, 5.41) is 0.896. The number of para-hydroxylation sites is 1. The lowest BCUT2D eigenvalue weighted by Gasteiger charge is -1.92. The Morgan fingerprint density at radius 3 is 2.77 bits per heavy atom. The van der Waals surface area contributed by atoms with Crippen LogP contribution in [0.1, 0.15) is 16.1 Å². The maximum Gasteiger partial charge on any atom is 0.251 e. The molecule has 66 valence electrons. The van der Waals surface area contributed by atoms with E-state index in [9.17, 15) is 4.79 Å². The van der Waals surface area contributed by atoms with Gasteiger partial charge < -0.3 is 10.7 Å². The fraction of sp³-hybridized carbons (Fsp3) is 0.100. The Bertz CT molecular complexity index is 471. The molecule has 3 heteroatoms. The number of amides is 1. The average molecular weight is 174 g/mol. The molecule has 3 nitrogen and oxygen atoms in total. The zero-order chi connectivity index (χ0) is 9.42. The van der Waals surface area contributed by atoms with Gasteiger partial charge in [0.25, 0.3) is 5.91 Å². The number of nitrogens with one attached hydrogen (secondary N) is 1. The van der Waals surface area contributed by atoms with Crippen molar-refractivity contribution in [3.63, 3.8) is 0 Å². The maximum absolute atomic E-state index is 11.1. The first-order valence-electron chi connectivity index (χ1n) is 4.07. The first-order valence-corrected chi connectivity index (χ1v) is 4.07. The van der Waals surface area contributed by atoms with Crippen LogP contribution in [-0.4, -0.2) is 10.9 Å². The Hall–Kier alpha value is -1.77. The Labute approximate surface area is 75.6 Å². The standard InChI is InChI=1S/C10H10N2O/c1-6-9(10(11)13)7-4-2-3-5-8(7)12-6/h2-5,12H,1H3,(H2,11,13). The highest BCUT2D eigenvalue weighted by Gasteiger charge is 2.11. The summed E-state index contributed by atoms with van der Waals surface area (Å²) in [6.45, 7) is 1.85. The highest BCUT2D eigenvalue weighted by Crippen LogP contribution is 2.20. The van der Waals surface area contributed by atoms with E-state index in [4.69, 9.17) is 5.73 Å². The molecule has 3 N–H and O–H groups in total. The van der Waals surface area contributed by atoms with Gasteiger partial charge in [-0.2, -0.15) is 0 Å². The second-order valence-corrected chi connectivity index (χ2v) is 3.03. The summed E-state index contributed by atoms with van der Waals surface area (Å²) in [7, 11) is 0. The quantitative estimate of drug-likeness (QED) is 0.677. The molecule has 0 fully saturated rings. The molecular weight excluding hydrogens is 164 g/mol. The number of primary amides is 1. The summed E-state index contributed by atoms with van der Waals surface area (Å²) < 4.78 is 0.